The second-order valence-electron chi connectivity index (χ2n) is 5.62. The molecule has 0 spiro atoms. The molecule has 118 valence electrons. The van der Waals surface area contributed by atoms with E-state index < -0.39 is 23.7 Å². The van der Waals surface area contributed by atoms with E-state index in [2.05, 4.69) is 0 Å². The maximum Gasteiger partial charge on any atom is 0.391 e. The zero-order valence-electron chi connectivity index (χ0n) is 11.3. The summed E-state index contributed by atoms with van der Waals surface area (Å²) in [6.07, 6.45) is -2.78. The zero-order valence-corrected chi connectivity index (χ0v) is 12.0. The minimum atomic E-state index is -4.13. The van der Waals surface area contributed by atoms with Crippen LogP contribution in [0.25, 0.3) is 0 Å². The molecule has 0 aliphatic heterocycles. The molecule has 1 atom stereocenters. The van der Waals surface area contributed by atoms with E-state index in [1.54, 1.807) is 0 Å². The molecule has 0 radical (unpaired) electrons. The van der Waals surface area contributed by atoms with Gasteiger partial charge in [-0.2, -0.15) is 13.2 Å². The second-order valence-corrected chi connectivity index (χ2v) is 6.18. The molecule has 21 heavy (non-hydrogen) atoms. The van der Waals surface area contributed by atoms with E-state index in [9.17, 15) is 22.0 Å². The van der Waals surface area contributed by atoms with Gasteiger partial charge in [0, 0.05) is 5.38 Å². The quantitative estimate of drug-likeness (QED) is 0.509. The normalized spacial score (nSPS) is 24.9. The molecule has 1 saturated carbocycles. The minimum Gasteiger partial charge on any atom is -0.204 e. The first-order chi connectivity index (χ1) is 9.77. The first kappa shape index (κ1) is 16.5. The van der Waals surface area contributed by atoms with Gasteiger partial charge < -0.3 is 0 Å². The predicted molar refractivity (Wildman–Crippen MR) is 71.2 cm³/mol. The monoisotopic (exact) mass is 326 g/mol. The fourth-order valence-electron chi connectivity index (χ4n) is 2.87. The van der Waals surface area contributed by atoms with Crippen molar-refractivity contribution >= 4 is 11.6 Å². The van der Waals surface area contributed by atoms with Crippen molar-refractivity contribution < 1.29 is 22.0 Å². The van der Waals surface area contributed by atoms with Crippen LogP contribution in [0.5, 0.6) is 0 Å². The van der Waals surface area contributed by atoms with Gasteiger partial charge in [-0.3, -0.25) is 0 Å². The topological polar surface area (TPSA) is 0 Å². The van der Waals surface area contributed by atoms with E-state index >= 15 is 0 Å². The molecule has 0 heterocycles. The van der Waals surface area contributed by atoms with Gasteiger partial charge in [0.2, 0.25) is 0 Å². The summed E-state index contributed by atoms with van der Waals surface area (Å²) in [5.74, 6) is -3.10. The largest absolute Gasteiger partial charge is 0.391 e. The molecule has 1 aliphatic rings. The van der Waals surface area contributed by atoms with Crippen LogP contribution in [-0.4, -0.2) is 11.6 Å². The number of hydrogen-bond donors (Lipinski definition) is 0. The van der Waals surface area contributed by atoms with E-state index in [1.165, 1.54) is 6.07 Å². The van der Waals surface area contributed by atoms with E-state index in [4.69, 9.17) is 11.6 Å². The van der Waals surface area contributed by atoms with Gasteiger partial charge in [0.25, 0.3) is 0 Å². The van der Waals surface area contributed by atoms with Crippen molar-refractivity contribution in [2.24, 2.45) is 11.8 Å². The number of halogens is 6. The molecular weight excluding hydrogens is 311 g/mol. The van der Waals surface area contributed by atoms with Gasteiger partial charge in [-0.15, -0.1) is 11.6 Å². The molecular formula is C15H16ClF5. The highest BCUT2D eigenvalue weighted by atomic mass is 35.5. The Morgan fingerprint density at radius 2 is 1.67 bits per heavy atom. The fourth-order valence-corrected chi connectivity index (χ4v) is 3.30. The molecule has 0 N–H and O–H groups in total. The summed E-state index contributed by atoms with van der Waals surface area (Å²) >= 11 is 6.25. The summed E-state index contributed by atoms with van der Waals surface area (Å²) in [5.41, 5.74) is 0.562. The maximum atomic E-state index is 13.1. The molecule has 1 aliphatic carbocycles. The van der Waals surface area contributed by atoms with Gasteiger partial charge in [-0.25, -0.2) is 8.78 Å². The zero-order chi connectivity index (χ0) is 15.6. The maximum absolute atomic E-state index is 13.1. The van der Waals surface area contributed by atoms with Gasteiger partial charge in [0.1, 0.15) is 0 Å². The molecule has 0 saturated heterocycles. The Balaban J connectivity index is 1.90. The van der Waals surface area contributed by atoms with Crippen LogP contribution in [0, 0.1) is 23.5 Å². The van der Waals surface area contributed by atoms with Crippen LogP contribution >= 0.6 is 11.6 Å². The van der Waals surface area contributed by atoms with Crippen molar-refractivity contribution in [2.45, 2.75) is 43.7 Å². The van der Waals surface area contributed by atoms with Crippen molar-refractivity contribution in [1.29, 1.82) is 0 Å². The highest BCUT2D eigenvalue weighted by Gasteiger charge is 2.42. The first-order valence-electron chi connectivity index (χ1n) is 6.92. The number of rotatable bonds is 3. The lowest BCUT2D eigenvalue weighted by molar-refractivity contribution is -0.183. The molecule has 0 aromatic heterocycles. The summed E-state index contributed by atoms with van der Waals surface area (Å²) in [6, 6.07) is 3.58. The smallest absolute Gasteiger partial charge is 0.204 e. The van der Waals surface area contributed by atoms with Gasteiger partial charge >= 0.3 is 6.18 Å². The van der Waals surface area contributed by atoms with E-state index in [1.807, 2.05) is 0 Å². The van der Waals surface area contributed by atoms with Crippen LogP contribution in [0.2, 0.25) is 0 Å². The summed E-state index contributed by atoms with van der Waals surface area (Å²) in [7, 11) is 0. The van der Waals surface area contributed by atoms with E-state index in [0.717, 1.165) is 12.1 Å². The highest BCUT2D eigenvalue weighted by molar-refractivity contribution is 6.20. The Morgan fingerprint density at radius 1 is 1.05 bits per heavy atom. The average molecular weight is 327 g/mol. The van der Waals surface area contributed by atoms with E-state index in [-0.39, 0.29) is 24.1 Å². The molecule has 2 rings (SSSR count). The molecule has 0 nitrogen and oxygen atoms in total. The van der Waals surface area contributed by atoms with Crippen molar-refractivity contribution in [3.8, 4) is 0 Å². The van der Waals surface area contributed by atoms with Gasteiger partial charge in [-0.1, -0.05) is 6.07 Å². The van der Waals surface area contributed by atoms with Crippen LogP contribution in [0.3, 0.4) is 0 Å². The summed E-state index contributed by atoms with van der Waals surface area (Å²) in [5, 5.41) is -0.357. The summed E-state index contributed by atoms with van der Waals surface area (Å²) < 4.78 is 63.7. The number of hydrogen-bond acceptors (Lipinski definition) is 0. The molecule has 1 aromatic carbocycles. The lowest BCUT2D eigenvalue weighted by Crippen LogP contribution is -2.31. The Labute approximate surface area is 125 Å². The van der Waals surface area contributed by atoms with Crippen LogP contribution < -0.4 is 0 Å². The molecule has 6 heteroatoms. The van der Waals surface area contributed by atoms with Gasteiger partial charge in [0.15, 0.2) is 11.6 Å². The van der Waals surface area contributed by atoms with Crippen molar-refractivity contribution in [2.75, 3.05) is 0 Å². The molecule has 0 amide bonds. The standard InChI is InChI=1S/C15H16ClF5/c16-12(7-9-1-6-13(17)14(18)8-9)10-2-4-11(5-3-10)15(19,20)21/h1,6,8,10-12H,2-5,7H2. The predicted octanol–water partition coefficient (Wildman–Crippen LogP) is 5.48. The average Bonchev–Trinajstić information content (AvgIpc) is 2.42. The van der Waals surface area contributed by atoms with Gasteiger partial charge in [-0.05, 0) is 55.7 Å². The van der Waals surface area contributed by atoms with Crippen LogP contribution in [0.15, 0.2) is 18.2 Å². The minimum absolute atomic E-state index is 0.0154. The van der Waals surface area contributed by atoms with Crippen LogP contribution in [-0.2, 0) is 6.42 Å². The Kier molecular flexibility index (Phi) is 5.12. The lowest BCUT2D eigenvalue weighted by atomic mass is 9.79. The third kappa shape index (κ3) is 4.31. The molecule has 1 unspecified atom stereocenters. The molecule has 1 aromatic rings. The van der Waals surface area contributed by atoms with Crippen LogP contribution in [0.4, 0.5) is 22.0 Å². The Morgan fingerprint density at radius 3 is 2.19 bits per heavy atom. The number of alkyl halides is 4. The third-order valence-electron chi connectivity index (χ3n) is 4.16. The van der Waals surface area contributed by atoms with Crippen molar-refractivity contribution in [3.63, 3.8) is 0 Å². The molecule has 0 bridgehead atoms. The summed E-state index contributed by atoms with van der Waals surface area (Å²) in [4.78, 5) is 0. The van der Waals surface area contributed by atoms with Crippen molar-refractivity contribution in [1.82, 2.24) is 0 Å². The highest BCUT2D eigenvalue weighted by Crippen LogP contribution is 2.41. The van der Waals surface area contributed by atoms with Crippen molar-refractivity contribution in [3.05, 3.63) is 35.4 Å². The first-order valence-corrected chi connectivity index (χ1v) is 7.35. The molecule has 1 fully saturated rings. The Hall–Kier alpha value is -0.840. The Bertz CT molecular complexity index is 477. The fraction of sp³-hybridized carbons (Fsp3) is 0.600. The number of benzene rings is 1. The van der Waals surface area contributed by atoms with E-state index in [0.29, 0.717) is 24.8 Å². The third-order valence-corrected chi connectivity index (χ3v) is 4.67. The van der Waals surface area contributed by atoms with Crippen LogP contribution in [0.1, 0.15) is 31.2 Å². The SMILES string of the molecule is Fc1ccc(CC(Cl)C2CCC(C(F)(F)F)CC2)cc1F. The van der Waals surface area contributed by atoms with Gasteiger partial charge in [0.05, 0.1) is 5.92 Å². The second kappa shape index (κ2) is 6.51. The summed E-state index contributed by atoms with van der Waals surface area (Å²) in [6.45, 7) is 0. The lowest BCUT2D eigenvalue weighted by Gasteiger charge is -2.32.